The van der Waals surface area contributed by atoms with E-state index in [1.54, 1.807) is 0 Å². The third kappa shape index (κ3) is 6.12. The molecule has 1 heterocycles. The molecule has 2 aliphatic rings. The first-order valence-corrected chi connectivity index (χ1v) is 11.1. The van der Waals surface area contributed by atoms with Crippen LogP contribution >= 0.6 is 0 Å². The van der Waals surface area contributed by atoms with Crippen molar-refractivity contribution < 1.29 is 9.53 Å². The van der Waals surface area contributed by atoms with E-state index in [0.29, 0.717) is 5.92 Å². The van der Waals surface area contributed by atoms with Crippen LogP contribution in [0, 0.1) is 5.92 Å². The lowest BCUT2D eigenvalue weighted by Gasteiger charge is -2.31. The Bertz CT molecular complexity index is 704. The van der Waals surface area contributed by atoms with Crippen LogP contribution in [0.5, 0.6) is 5.75 Å². The van der Waals surface area contributed by atoms with E-state index < -0.39 is 0 Å². The molecule has 1 fully saturated rings. The van der Waals surface area contributed by atoms with Gasteiger partial charge in [0.2, 0.25) is 5.91 Å². The Labute approximate surface area is 174 Å². The number of hydrogen-bond donors (Lipinski definition) is 3. The van der Waals surface area contributed by atoms with Gasteiger partial charge in [-0.05, 0) is 58.1 Å². The van der Waals surface area contributed by atoms with Gasteiger partial charge in [0, 0.05) is 37.0 Å². The molecule has 3 rings (SSSR count). The Morgan fingerprint density at radius 3 is 2.86 bits per heavy atom. The molecule has 3 N–H and O–H groups in total. The topological polar surface area (TPSA) is 74.8 Å². The molecule has 1 aliphatic carbocycles. The van der Waals surface area contributed by atoms with Crippen molar-refractivity contribution in [2.75, 3.05) is 19.7 Å². The number of aliphatic imine (C=N–C) groups is 1. The largest absolute Gasteiger partial charge is 0.493 e. The summed E-state index contributed by atoms with van der Waals surface area (Å²) < 4.78 is 5.77. The van der Waals surface area contributed by atoms with Crippen LogP contribution in [-0.4, -0.2) is 43.6 Å². The molecule has 3 atom stereocenters. The summed E-state index contributed by atoms with van der Waals surface area (Å²) in [6, 6.07) is 8.75. The van der Waals surface area contributed by atoms with Gasteiger partial charge in [-0.15, -0.1) is 0 Å². The van der Waals surface area contributed by atoms with Gasteiger partial charge in [-0.3, -0.25) is 9.79 Å². The van der Waals surface area contributed by atoms with Crippen LogP contribution in [0.1, 0.15) is 64.4 Å². The summed E-state index contributed by atoms with van der Waals surface area (Å²) in [7, 11) is 0. The van der Waals surface area contributed by atoms with Crippen LogP contribution in [0.3, 0.4) is 0 Å². The molecule has 1 aromatic rings. The standard InChI is InChI=1S/C23H36N4O2/c1-4-24-23(25-15-18-12-13-29-21-11-6-5-10-20(18)21)27-19-9-7-8-17(14-19)22(28)26-16(2)3/h5-6,10-11,16-19H,4,7-9,12-15H2,1-3H3,(H,26,28)(H2,24,25,27). The molecule has 0 saturated heterocycles. The van der Waals surface area contributed by atoms with Crippen molar-refractivity contribution in [2.24, 2.45) is 10.9 Å². The second-order valence-electron chi connectivity index (χ2n) is 8.46. The highest BCUT2D eigenvalue weighted by atomic mass is 16.5. The van der Waals surface area contributed by atoms with Gasteiger partial charge in [0.1, 0.15) is 5.75 Å². The maximum absolute atomic E-state index is 12.4. The molecule has 0 aromatic heterocycles. The first kappa shape index (κ1) is 21.5. The van der Waals surface area contributed by atoms with Crippen molar-refractivity contribution in [3.8, 4) is 5.75 Å². The van der Waals surface area contributed by atoms with Crippen LogP contribution < -0.4 is 20.7 Å². The molecule has 29 heavy (non-hydrogen) atoms. The fraction of sp³-hybridized carbons (Fsp3) is 0.652. The third-order valence-electron chi connectivity index (χ3n) is 5.71. The normalized spacial score (nSPS) is 24.4. The van der Waals surface area contributed by atoms with Crippen molar-refractivity contribution in [3.05, 3.63) is 29.8 Å². The molecule has 6 nitrogen and oxygen atoms in total. The molecule has 0 radical (unpaired) electrons. The molecule has 1 amide bonds. The van der Waals surface area contributed by atoms with E-state index in [1.807, 2.05) is 26.0 Å². The van der Waals surface area contributed by atoms with E-state index in [9.17, 15) is 4.79 Å². The van der Waals surface area contributed by atoms with Crippen LogP contribution in [0.15, 0.2) is 29.3 Å². The van der Waals surface area contributed by atoms with Crippen molar-refractivity contribution >= 4 is 11.9 Å². The second kappa shape index (κ2) is 10.5. The number of ether oxygens (including phenoxy) is 1. The van der Waals surface area contributed by atoms with Gasteiger partial charge >= 0.3 is 0 Å². The summed E-state index contributed by atoms with van der Waals surface area (Å²) >= 11 is 0. The third-order valence-corrected chi connectivity index (χ3v) is 5.71. The lowest BCUT2D eigenvalue weighted by molar-refractivity contribution is -0.126. The minimum Gasteiger partial charge on any atom is -0.493 e. The molecule has 6 heteroatoms. The average Bonchev–Trinajstić information content (AvgIpc) is 2.72. The zero-order chi connectivity index (χ0) is 20.6. The SMILES string of the molecule is CCNC(=NCC1CCOc2ccccc21)NC1CCCC(C(=O)NC(C)C)C1. The lowest BCUT2D eigenvalue weighted by atomic mass is 9.85. The number of nitrogens with zero attached hydrogens (tertiary/aromatic N) is 1. The van der Waals surface area contributed by atoms with Gasteiger partial charge < -0.3 is 20.7 Å². The lowest BCUT2D eigenvalue weighted by Crippen LogP contribution is -2.47. The highest BCUT2D eigenvalue weighted by Gasteiger charge is 2.28. The predicted octanol–water partition coefficient (Wildman–Crippen LogP) is 3.19. The number of para-hydroxylation sites is 1. The van der Waals surface area contributed by atoms with Crippen molar-refractivity contribution in [1.82, 2.24) is 16.0 Å². The highest BCUT2D eigenvalue weighted by Crippen LogP contribution is 2.33. The Morgan fingerprint density at radius 1 is 1.24 bits per heavy atom. The van der Waals surface area contributed by atoms with E-state index in [2.05, 4.69) is 35.0 Å². The van der Waals surface area contributed by atoms with Gasteiger partial charge in [-0.25, -0.2) is 0 Å². The Balaban J connectivity index is 1.60. The molecular weight excluding hydrogens is 364 g/mol. The molecule has 0 bridgehead atoms. The highest BCUT2D eigenvalue weighted by molar-refractivity contribution is 5.81. The number of nitrogens with one attached hydrogen (secondary N) is 3. The summed E-state index contributed by atoms with van der Waals surface area (Å²) in [5.41, 5.74) is 1.25. The summed E-state index contributed by atoms with van der Waals surface area (Å²) in [6.45, 7) is 8.42. The minimum absolute atomic E-state index is 0.0916. The monoisotopic (exact) mass is 400 g/mol. The van der Waals surface area contributed by atoms with Crippen LogP contribution in [-0.2, 0) is 4.79 Å². The zero-order valence-corrected chi connectivity index (χ0v) is 18.0. The van der Waals surface area contributed by atoms with E-state index in [4.69, 9.17) is 9.73 Å². The number of hydrogen-bond acceptors (Lipinski definition) is 3. The number of guanidine groups is 1. The summed E-state index contributed by atoms with van der Waals surface area (Å²) in [5.74, 6) is 2.50. The molecule has 0 spiro atoms. The van der Waals surface area contributed by atoms with Crippen LogP contribution in [0.4, 0.5) is 0 Å². The predicted molar refractivity (Wildman–Crippen MR) is 117 cm³/mol. The summed E-state index contributed by atoms with van der Waals surface area (Å²) in [6.07, 6.45) is 4.98. The van der Waals surface area contributed by atoms with Crippen molar-refractivity contribution in [2.45, 2.75) is 70.9 Å². The maximum Gasteiger partial charge on any atom is 0.223 e. The number of rotatable bonds is 6. The van der Waals surface area contributed by atoms with E-state index in [0.717, 1.165) is 63.5 Å². The molecular formula is C23H36N4O2. The number of benzene rings is 1. The quantitative estimate of drug-likeness (QED) is 0.506. The first-order chi connectivity index (χ1) is 14.1. The zero-order valence-electron chi connectivity index (χ0n) is 18.0. The second-order valence-corrected chi connectivity index (χ2v) is 8.46. The van der Waals surface area contributed by atoms with E-state index in [1.165, 1.54) is 5.56 Å². The Hall–Kier alpha value is -2.24. The van der Waals surface area contributed by atoms with Crippen LogP contribution in [0.2, 0.25) is 0 Å². The number of carbonyl (C=O) groups is 1. The molecule has 1 aliphatic heterocycles. The van der Waals surface area contributed by atoms with Crippen LogP contribution in [0.25, 0.3) is 0 Å². The van der Waals surface area contributed by atoms with Gasteiger partial charge in [0.15, 0.2) is 5.96 Å². The fourth-order valence-electron chi connectivity index (χ4n) is 4.28. The number of fused-ring (bicyclic) bond motifs is 1. The maximum atomic E-state index is 12.4. The molecule has 1 saturated carbocycles. The van der Waals surface area contributed by atoms with Crippen molar-refractivity contribution in [3.63, 3.8) is 0 Å². The Kier molecular flexibility index (Phi) is 7.78. The fourth-order valence-corrected chi connectivity index (χ4v) is 4.28. The minimum atomic E-state index is 0.0916. The summed E-state index contributed by atoms with van der Waals surface area (Å²) in [5, 5.41) is 10.0. The smallest absolute Gasteiger partial charge is 0.223 e. The van der Waals surface area contributed by atoms with Crippen molar-refractivity contribution in [1.29, 1.82) is 0 Å². The van der Waals surface area contributed by atoms with E-state index in [-0.39, 0.29) is 23.9 Å². The first-order valence-electron chi connectivity index (χ1n) is 11.1. The van der Waals surface area contributed by atoms with Gasteiger partial charge in [0.05, 0.1) is 6.61 Å². The molecule has 3 unspecified atom stereocenters. The van der Waals surface area contributed by atoms with Gasteiger partial charge in [-0.2, -0.15) is 0 Å². The number of amides is 1. The average molecular weight is 401 g/mol. The Morgan fingerprint density at radius 2 is 2.07 bits per heavy atom. The van der Waals surface area contributed by atoms with E-state index >= 15 is 0 Å². The van der Waals surface area contributed by atoms with Gasteiger partial charge in [-0.1, -0.05) is 24.6 Å². The van der Waals surface area contributed by atoms with Gasteiger partial charge in [0.25, 0.3) is 0 Å². The molecule has 1 aromatic carbocycles. The summed E-state index contributed by atoms with van der Waals surface area (Å²) in [4.78, 5) is 17.3. The number of carbonyl (C=O) groups excluding carboxylic acids is 1. The molecule has 160 valence electrons.